The monoisotopic (exact) mass is 674 g/mol. The van der Waals surface area contributed by atoms with Gasteiger partial charge >= 0.3 is 0 Å². The highest BCUT2D eigenvalue weighted by Crippen LogP contribution is 2.58. The Hall–Kier alpha value is -6.90. The molecule has 1 aliphatic carbocycles. The molecule has 0 radical (unpaired) electrons. The third kappa shape index (κ3) is 5.11. The summed E-state index contributed by atoms with van der Waals surface area (Å²) in [5, 5.41) is 2.50. The maximum Gasteiger partial charge on any atom is 0.159 e. The van der Waals surface area contributed by atoms with Crippen molar-refractivity contribution in [2.75, 3.05) is 0 Å². The van der Waals surface area contributed by atoms with Crippen molar-refractivity contribution in [1.29, 1.82) is 0 Å². The van der Waals surface area contributed by atoms with Crippen LogP contribution in [0.5, 0.6) is 0 Å². The van der Waals surface area contributed by atoms with E-state index in [1.807, 2.05) is 18.2 Å². The maximum absolute atomic E-state index is 5.40. The summed E-state index contributed by atoms with van der Waals surface area (Å²) in [6, 6.07) is 71.8. The summed E-state index contributed by atoms with van der Waals surface area (Å²) in [4.78, 5) is 10.5. The van der Waals surface area contributed by atoms with Crippen molar-refractivity contribution in [2.45, 2.75) is 5.41 Å². The van der Waals surface area contributed by atoms with Crippen LogP contribution in [0.25, 0.3) is 66.8 Å². The fourth-order valence-electron chi connectivity index (χ4n) is 8.33. The topological polar surface area (TPSA) is 25.8 Å². The molecule has 1 atom stereocenters. The molecule has 1 heterocycles. The van der Waals surface area contributed by atoms with Gasteiger partial charge in [-0.2, -0.15) is 0 Å². The molecule has 8 aromatic carbocycles. The minimum atomic E-state index is -0.672. The van der Waals surface area contributed by atoms with E-state index in [-0.39, 0.29) is 0 Å². The van der Waals surface area contributed by atoms with Crippen LogP contribution in [0.4, 0.5) is 0 Å². The van der Waals surface area contributed by atoms with Crippen LogP contribution in [0.1, 0.15) is 22.3 Å². The van der Waals surface area contributed by atoms with Gasteiger partial charge in [-0.1, -0.05) is 188 Å². The predicted octanol–water partition coefficient (Wildman–Crippen LogP) is 12.7. The van der Waals surface area contributed by atoms with Crippen molar-refractivity contribution in [1.82, 2.24) is 9.97 Å². The van der Waals surface area contributed by atoms with Crippen LogP contribution in [-0.4, -0.2) is 9.97 Å². The van der Waals surface area contributed by atoms with E-state index >= 15 is 0 Å². The van der Waals surface area contributed by atoms with Gasteiger partial charge in [0.15, 0.2) is 5.82 Å². The lowest BCUT2D eigenvalue weighted by molar-refractivity contribution is 0.759. The Labute approximate surface area is 309 Å². The first kappa shape index (κ1) is 30.9. The summed E-state index contributed by atoms with van der Waals surface area (Å²) in [5.41, 5.74) is 14.2. The molecule has 10 rings (SSSR count). The second-order valence-corrected chi connectivity index (χ2v) is 13.7. The molecule has 1 aromatic heterocycles. The van der Waals surface area contributed by atoms with E-state index in [2.05, 4.69) is 188 Å². The Morgan fingerprint density at radius 2 is 0.887 bits per heavy atom. The molecule has 0 saturated heterocycles. The van der Waals surface area contributed by atoms with Crippen molar-refractivity contribution >= 4 is 10.8 Å². The Kier molecular flexibility index (Phi) is 7.40. The lowest BCUT2D eigenvalue weighted by Crippen LogP contribution is -2.30. The number of aromatic nitrogens is 2. The van der Waals surface area contributed by atoms with Crippen molar-refractivity contribution in [2.24, 2.45) is 0 Å². The van der Waals surface area contributed by atoms with Crippen LogP contribution in [0.2, 0.25) is 0 Å². The average molecular weight is 675 g/mol. The number of fused-ring (bicyclic) bond motifs is 4. The quantitative estimate of drug-likeness (QED) is 0.175. The van der Waals surface area contributed by atoms with E-state index in [0.29, 0.717) is 5.82 Å². The van der Waals surface area contributed by atoms with Crippen molar-refractivity contribution in [3.8, 4) is 56.0 Å². The fourth-order valence-corrected chi connectivity index (χ4v) is 8.33. The van der Waals surface area contributed by atoms with E-state index in [1.165, 1.54) is 60.8 Å². The van der Waals surface area contributed by atoms with E-state index in [0.717, 1.165) is 22.4 Å². The lowest BCUT2D eigenvalue weighted by Gasteiger charge is -2.35. The molecule has 0 amide bonds. The largest absolute Gasteiger partial charge is 0.236 e. The molecule has 9 aromatic rings. The SMILES string of the molecule is c1ccc(-c2ncc(C3(c4ccccc4)c4ccccc4-c4ccc(-c5ccc(-c6ccc7ccccc7c6)cc5)cc43)c(-c3ccccc3)n2)cc1. The first-order valence-corrected chi connectivity index (χ1v) is 18.2. The second kappa shape index (κ2) is 12.7. The fraction of sp³-hybridized carbons (Fsp3) is 0.0196. The van der Waals surface area contributed by atoms with Crippen LogP contribution >= 0.6 is 0 Å². The zero-order valence-electron chi connectivity index (χ0n) is 29.0. The number of nitrogens with zero attached hydrogens (tertiary/aromatic N) is 2. The minimum absolute atomic E-state index is 0.672. The van der Waals surface area contributed by atoms with Crippen LogP contribution in [0.15, 0.2) is 206 Å². The third-order valence-electron chi connectivity index (χ3n) is 10.8. The maximum atomic E-state index is 5.40. The third-order valence-corrected chi connectivity index (χ3v) is 10.8. The average Bonchev–Trinajstić information content (AvgIpc) is 3.54. The van der Waals surface area contributed by atoms with Gasteiger partial charge in [0.25, 0.3) is 0 Å². The summed E-state index contributed by atoms with van der Waals surface area (Å²) in [6.45, 7) is 0. The van der Waals surface area contributed by atoms with E-state index in [1.54, 1.807) is 0 Å². The van der Waals surface area contributed by atoms with Gasteiger partial charge in [-0.05, 0) is 73.0 Å². The number of rotatable bonds is 6. The second-order valence-electron chi connectivity index (χ2n) is 13.7. The molecule has 1 unspecified atom stereocenters. The molecule has 0 N–H and O–H groups in total. The van der Waals surface area contributed by atoms with E-state index in [4.69, 9.17) is 9.97 Å². The Balaban J connectivity index is 1.19. The van der Waals surface area contributed by atoms with Crippen LogP contribution in [-0.2, 0) is 5.41 Å². The lowest BCUT2D eigenvalue weighted by atomic mass is 9.66. The van der Waals surface area contributed by atoms with Gasteiger partial charge in [0.1, 0.15) is 0 Å². The predicted molar refractivity (Wildman–Crippen MR) is 219 cm³/mol. The molecule has 0 fully saturated rings. The molecule has 2 heteroatoms. The van der Waals surface area contributed by atoms with E-state index < -0.39 is 5.41 Å². The van der Waals surface area contributed by atoms with Crippen molar-refractivity contribution in [3.63, 3.8) is 0 Å². The van der Waals surface area contributed by atoms with Gasteiger partial charge in [0.05, 0.1) is 11.1 Å². The summed E-state index contributed by atoms with van der Waals surface area (Å²) < 4.78 is 0. The first-order chi connectivity index (χ1) is 26.3. The summed E-state index contributed by atoms with van der Waals surface area (Å²) in [7, 11) is 0. The standard InChI is InChI=1S/C51H34N2/c1-4-15-38(16-5-1)49-48(34-52-50(53-49)39-17-6-2-7-18-39)51(43-20-8-3-9-21-43)46-23-13-12-22-44(46)45-31-30-42(33-47(45)51)37-26-24-36(25-27-37)41-29-28-35-14-10-11-19-40(35)32-41/h1-34H. The summed E-state index contributed by atoms with van der Waals surface area (Å²) in [6.07, 6.45) is 2.08. The van der Waals surface area contributed by atoms with Crippen LogP contribution in [0, 0.1) is 0 Å². The highest BCUT2D eigenvalue weighted by Gasteiger charge is 2.48. The molecule has 1 aliphatic rings. The molecule has 0 aliphatic heterocycles. The molecule has 0 bridgehead atoms. The number of hydrogen-bond acceptors (Lipinski definition) is 2. The molecule has 53 heavy (non-hydrogen) atoms. The zero-order valence-corrected chi connectivity index (χ0v) is 29.0. The minimum Gasteiger partial charge on any atom is -0.236 e. The molecule has 248 valence electrons. The molecule has 2 nitrogen and oxygen atoms in total. The first-order valence-electron chi connectivity index (χ1n) is 18.2. The van der Waals surface area contributed by atoms with Gasteiger partial charge in [0.2, 0.25) is 0 Å². The Morgan fingerprint density at radius 1 is 0.340 bits per heavy atom. The summed E-state index contributed by atoms with van der Waals surface area (Å²) >= 11 is 0. The van der Waals surface area contributed by atoms with Crippen molar-refractivity contribution in [3.05, 3.63) is 229 Å². The number of hydrogen-bond donors (Lipinski definition) is 0. The van der Waals surface area contributed by atoms with Gasteiger partial charge in [-0.15, -0.1) is 0 Å². The van der Waals surface area contributed by atoms with Crippen LogP contribution < -0.4 is 0 Å². The van der Waals surface area contributed by atoms with E-state index in [9.17, 15) is 0 Å². The van der Waals surface area contributed by atoms with Gasteiger partial charge < -0.3 is 0 Å². The van der Waals surface area contributed by atoms with Crippen molar-refractivity contribution < 1.29 is 0 Å². The highest BCUT2D eigenvalue weighted by molar-refractivity contribution is 5.91. The smallest absolute Gasteiger partial charge is 0.159 e. The van der Waals surface area contributed by atoms with Crippen LogP contribution in [0.3, 0.4) is 0 Å². The Bertz CT molecular complexity index is 2750. The summed E-state index contributed by atoms with van der Waals surface area (Å²) in [5.74, 6) is 0.711. The zero-order chi connectivity index (χ0) is 35.2. The molecule has 0 saturated carbocycles. The molecular weight excluding hydrogens is 641 g/mol. The normalized spacial score (nSPS) is 14.5. The Morgan fingerprint density at radius 3 is 1.62 bits per heavy atom. The number of benzene rings is 8. The van der Waals surface area contributed by atoms with Gasteiger partial charge in [-0.3, -0.25) is 0 Å². The highest BCUT2D eigenvalue weighted by atomic mass is 14.9. The molecular formula is C51H34N2. The molecule has 0 spiro atoms. The van der Waals surface area contributed by atoms with Gasteiger partial charge in [0, 0.05) is 22.9 Å². The van der Waals surface area contributed by atoms with Gasteiger partial charge in [-0.25, -0.2) is 9.97 Å².